The second-order valence-electron chi connectivity index (χ2n) is 10.7. The fourth-order valence-electron chi connectivity index (χ4n) is 5.36. The molecule has 0 radical (unpaired) electrons. The number of quaternary nitrogens is 2. The van der Waals surface area contributed by atoms with Crippen LogP contribution in [0.15, 0.2) is 70.6 Å². The summed E-state index contributed by atoms with van der Waals surface area (Å²) < 4.78 is 2.00. The average molecular weight is 545 g/mol. The third-order valence-corrected chi connectivity index (χ3v) is 8.81. The second-order valence-corrected chi connectivity index (χ2v) is 10.7. The van der Waals surface area contributed by atoms with E-state index in [1.165, 1.54) is 11.1 Å². The van der Waals surface area contributed by atoms with Gasteiger partial charge in [-0.05, 0) is 90.1 Å². The minimum atomic E-state index is 0.207. The molecule has 3 rings (SSSR count). The van der Waals surface area contributed by atoms with E-state index in [-0.39, 0.29) is 11.5 Å². The van der Waals surface area contributed by atoms with E-state index in [0.29, 0.717) is 22.5 Å². The Morgan fingerprint density at radius 2 is 0.900 bits per heavy atom. The van der Waals surface area contributed by atoms with E-state index in [1.54, 1.807) is 24.6 Å². The minimum Gasteiger partial charge on any atom is -0.507 e. The summed E-state index contributed by atoms with van der Waals surface area (Å²) in [4.78, 5) is 9.40. The van der Waals surface area contributed by atoms with Crippen LogP contribution in [-0.4, -0.2) is 70.9 Å². The number of benzene rings is 3. The number of para-hydroxylation sites is 2. The molecule has 3 aromatic carbocycles. The van der Waals surface area contributed by atoms with Crippen LogP contribution in [0, 0.1) is 0 Å². The highest BCUT2D eigenvalue weighted by atomic mass is 16.3. The number of hydrogen-bond donors (Lipinski definition) is 2. The normalized spacial score (nSPS) is 12.6. The van der Waals surface area contributed by atoms with Gasteiger partial charge in [-0.3, -0.25) is 9.98 Å². The summed E-state index contributed by atoms with van der Waals surface area (Å²) in [5.41, 5.74) is 5.13. The van der Waals surface area contributed by atoms with Gasteiger partial charge in [-0.2, -0.15) is 0 Å². The van der Waals surface area contributed by atoms with Gasteiger partial charge in [-0.15, -0.1) is 0 Å². The number of hydrogen-bond acceptors (Lipinski definition) is 4. The van der Waals surface area contributed by atoms with Crippen molar-refractivity contribution in [3.05, 3.63) is 82.9 Å². The standard InChI is InChI=1S/C34H46N4O2/c1-7-37(8-2,9-3)25-27-17-19-33(39)29(21-27)23-35-31-15-13-14-16-32(31)36-24-30-22-28(18-20-34(30)40)26-38(10-4,11-5)12-6/h13-24H,7-12,25-26H2,1-6H3/p+2. The largest absolute Gasteiger partial charge is 0.507 e. The molecule has 0 heterocycles. The maximum Gasteiger partial charge on any atom is 0.124 e. The van der Waals surface area contributed by atoms with Crippen molar-refractivity contribution in [1.29, 1.82) is 0 Å². The molecule has 214 valence electrons. The van der Waals surface area contributed by atoms with Gasteiger partial charge < -0.3 is 19.2 Å². The van der Waals surface area contributed by atoms with Crippen molar-refractivity contribution in [2.24, 2.45) is 9.98 Å². The molecule has 6 heteroatoms. The molecular formula is C34H48N4O2+2. The molecule has 2 N–H and O–H groups in total. The van der Waals surface area contributed by atoms with Crippen LogP contribution in [0.25, 0.3) is 0 Å². The summed E-state index contributed by atoms with van der Waals surface area (Å²) in [6.07, 6.45) is 3.42. The Kier molecular flexibility index (Phi) is 11.1. The van der Waals surface area contributed by atoms with Crippen molar-refractivity contribution >= 4 is 23.8 Å². The minimum absolute atomic E-state index is 0.207. The van der Waals surface area contributed by atoms with E-state index < -0.39 is 0 Å². The fraction of sp³-hybridized carbons (Fsp3) is 0.412. The van der Waals surface area contributed by atoms with Gasteiger partial charge in [0, 0.05) is 34.7 Å². The highest BCUT2D eigenvalue weighted by Gasteiger charge is 2.22. The third kappa shape index (κ3) is 7.58. The summed E-state index contributed by atoms with van der Waals surface area (Å²) in [5.74, 6) is 0.414. The number of nitrogens with zero attached hydrogens (tertiary/aromatic N) is 4. The molecule has 0 bridgehead atoms. The van der Waals surface area contributed by atoms with E-state index >= 15 is 0 Å². The molecule has 0 saturated heterocycles. The first-order valence-electron chi connectivity index (χ1n) is 14.8. The van der Waals surface area contributed by atoms with Crippen LogP contribution in [-0.2, 0) is 13.1 Å². The predicted molar refractivity (Wildman–Crippen MR) is 168 cm³/mol. The lowest BCUT2D eigenvalue weighted by Gasteiger charge is -2.36. The van der Waals surface area contributed by atoms with Crippen LogP contribution < -0.4 is 0 Å². The highest BCUT2D eigenvalue weighted by Crippen LogP contribution is 2.29. The smallest absolute Gasteiger partial charge is 0.124 e. The zero-order chi connectivity index (χ0) is 29.2. The molecule has 0 saturated carbocycles. The number of phenols is 2. The number of rotatable bonds is 14. The zero-order valence-corrected chi connectivity index (χ0v) is 25.3. The number of phenolic OH excluding ortho intramolecular Hbond substituents is 2. The van der Waals surface area contributed by atoms with Crippen molar-refractivity contribution in [1.82, 2.24) is 0 Å². The van der Waals surface area contributed by atoms with Gasteiger partial charge in [0.25, 0.3) is 0 Å². The van der Waals surface area contributed by atoms with Gasteiger partial charge >= 0.3 is 0 Å². The molecule has 6 nitrogen and oxygen atoms in total. The summed E-state index contributed by atoms with van der Waals surface area (Å²) in [6.45, 7) is 21.6. The van der Waals surface area contributed by atoms with Gasteiger partial charge in [0.05, 0.1) is 50.6 Å². The topological polar surface area (TPSA) is 65.2 Å². The van der Waals surface area contributed by atoms with Gasteiger partial charge in [0.1, 0.15) is 24.6 Å². The SMILES string of the molecule is CC[N+](CC)(CC)Cc1ccc(O)c(C=Nc2ccccc2N=Cc2cc(C[N+](CC)(CC)CC)ccc2O)c1. The van der Waals surface area contributed by atoms with Crippen LogP contribution >= 0.6 is 0 Å². The van der Waals surface area contributed by atoms with E-state index in [4.69, 9.17) is 9.98 Å². The number of aromatic hydroxyl groups is 2. The van der Waals surface area contributed by atoms with Gasteiger partial charge in [-0.1, -0.05) is 12.1 Å². The quantitative estimate of drug-likeness (QED) is 0.165. The molecule has 0 spiro atoms. The van der Waals surface area contributed by atoms with Crippen molar-refractivity contribution < 1.29 is 19.2 Å². The van der Waals surface area contributed by atoms with Crippen molar-refractivity contribution in [2.75, 3.05) is 39.3 Å². The lowest BCUT2D eigenvalue weighted by atomic mass is 10.1. The van der Waals surface area contributed by atoms with Crippen molar-refractivity contribution in [3.8, 4) is 11.5 Å². The molecule has 0 amide bonds. The zero-order valence-electron chi connectivity index (χ0n) is 25.3. The maximum atomic E-state index is 10.5. The van der Waals surface area contributed by atoms with Crippen LogP contribution in [0.1, 0.15) is 63.8 Å². The Hall–Kier alpha value is -3.48. The monoisotopic (exact) mass is 544 g/mol. The van der Waals surface area contributed by atoms with Gasteiger partial charge in [-0.25, -0.2) is 0 Å². The Labute approximate surface area is 241 Å². The summed E-state index contributed by atoms with van der Waals surface area (Å²) in [7, 11) is 0. The van der Waals surface area contributed by atoms with Crippen LogP contribution in [0.2, 0.25) is 0 Å². The van der Waals surface area contributed by atoms with Crippen molar-refractivity contribution in [3.63, 3.8) is 0 Å². The van der Waals surface area contributed by atoms with E-state index in [9.17, 15) is 10.2 Å². The van der Waals surface area contributed by atoms with Crippen molar-refractivity contribution in [2.45, 2.75) is 54.6 Å². The lowest BCUT2D eigenvalue weighted by Crippen LogP contribution is -2.46. The van der Waals surface area contributed by atoms with E-state index in [2.05, 4.69) is 41.5 Å². The molecule has 0 atom stereocenters. The Morgan fingerprint density at radius 1 is 0.550 bits per heavy atom. The second kappa shape index (κ2) is 14.2. The third-order valence-electron chi connectivity index (χ3n) is 8.81. The molecule has 40 heavy (non-hydrogen) atoms. The lowest BCUT2D eigenvalue weighted by molar-refractivity contribution is -0.936. The molecular weight excluding hydrogens is 496 g/mol. The summed E-state index contributed by atoms with van der Waals surface area (Å²) in [5, 5.41) is 21.1. The van der Waals surface area contributed by atoms with Crippen LogP contribution in [0.4, 0.5) is 11.4 Å². The molecule has 0 aliphatic carbocycles. The first-order chi connectivity index (χ1) is 19.3. The Bertz CT molecular complexity index is 1190. The predicted octanol–water partition coefficient (Wildman–Crippen LogP) is 7.35. The fourth-order valence-corrected chi connectivity index (χ4v) is 5.36. The average Bonchev–Trinajstić information content (AvgIpc) is 2.99. The summed E-state index contributed by atoms with van der Waals surface area (Å²) >= 11 is 0. The molecule has 0 fully saturated rings. The maximum absolute atomic E-state index is 10.5. The first kappa shape index (κ1) is 31.1. The Morgan fingerprint density at radius 3 is 1.23 bits per heavy atom. The molecule has 0 aliphatic rings. The molecule has 0 aromatic heterocycles. The van der Waals surface area contributed by atoms with E-state index in [1.807, 2.05) is 48.5 Å². The summed E-state index contributed by atoms with van der Waals surface area (Å²) in [6, 6.07) is 19.2. The van der Waals surface area contributed by atoms with Gasteiger partial charge in [0.2, 0.25) is 0 Å². The molecule has 3 aromatic rings. The number of aliphatic imine (C=N–C) groups is 2. The van der Waals surface area contributed by atoms with E-state index in [0.717, 1.165) is 61.3 Å². The molecule has 0 aliphatic heterocycles. The molecule has 0 unspecified atom stereocenters. The first-order valence-corrected chi connectivity index (χ1v) is 14.8. The Balaban J connectivity index is 1.86. The highest BCUT2D eigenvalue weighted by molar-refractivity contribution is 5.89. The van der Waals surface area contributed by atoms with Crippen LogP contribution in [0.5, 0.6) is 11.5 Å². The van der Waals surface area contributed by atoms with Crippen LogP contribution in [0.3, 0.4) is 0 Å². The van der Waals surface area contributed by atoms with Gasteiger partial charge in [0.15, 0.2) is 0 Å².